The number of carbonyl (C=O) groups excluding carboxylic acids is 3. The van der Waals surface area contributed by atoms with E-state index in [-0.39, 0.29) is 36.9 Å². The third-order valence-corrected chi connectivity index (χ3v) is 5.56. The molecule has 6 nitrogen and oxygen atoms in total. The molecule has 0 aromatic carbocycles. The number of Topliss-reactive ketones (excluding diaryl/α,β-unsaturated/α-hetero) is 2. The van der Waals surface area contributed by atoms with Gasteiger partial charge in [0.1, 0.15) is 0 Å². The van der Waals surface area contributed by atoms with Gasteiger partial charge in [-0.2, -0.15) is 0 Å². The second-order valence-electron chi connectivity index (χ2n) is 8.01. The van der Waals surface area contributed by atoms with Gasteiger partial charge < -0.3 is 15.5 Å². The molecule has 1 saturated carbocycles. The summed E-state index contributed by atoms with van der Waals surface area (Å²) in [4.78, 5) is 36.5. The summed E-state index contributed by atoms with van der Waals surface area (Å²) in [6.45, 7) is 6.84. The van der Waals surface area contributed by atoms with E-state index in [0.717, 1.165) is 0 Å². The standard InChI is InChI=1S/C20H29NO5/c1-12-13(2)18(24)15(14(3)17(12)23)5-7-19(4,25)8-6-16(22)21-11-20(26)9-10-20/h25-26H,5-11H2,1-4H3,(H,21,22)/t19-/m1/s1. The molecule has 2 rings (SSSR count). The summed E-state index contributed by atoms with van der Waals surface area (Å²) in [5, 5.41) is 22.9. The Morgan fingerprint density at radius 1 is 1.08 bits per heavy atom. The number of hydrogen-bond acceptors (Lipinski definition) is 5. The first-order chi connectivity index (χ1) is 12.0. The number of amides is 1. The maximum absolute atomic E-state index is 12.4. The predicted molar refractivity (Wildman–Crippen MR) is 97.4 cm³/mol. The summed E-state index contributed by atoms with van der Waals surface area (Å²) < 4.78 is 0. The van der Waals surface area contributed by atoms with Gasteiger partial charge in [-0.15, -0.1) is 0 Å². The number of aliphatic hydroxyl groups is 2. The van der Waals surface area contributed by atoms with E-state index in [1.165, 1.54) is 0 Å². The lowest BCUT2D eigenvalue weighted by atomic mass is 9.82. The highest BCUT2D eigenvalue weighted by atomic mass is 16.3. The summed E-state index contributed by atoms with van der Waals surface area (Å²) >= 11 is 0. The van der Waals surface area contributed by atoms with Crippen LogP contribution in [0.15, 0.2) is 22.3 Å². The van der Waals surface area contributed by atoms with Crippen LogP contribution in [0, 0.1) is 0 Å². The normalized spacial score (nSPS) is 21.8. The molecule has 6 heteroatoms. The molecule has 144 valence electrons. The SMILES string of the molecule is CC1=C(C)C(=O)C(CC[C@@](C)(O)CCC(=O)NCC2(O)CC2)=C(C)C1=O. The lowest BCUT2D eigenvalue weighted by molar-refractivity contribution is -0.123. The zero-order chi connectivity index (χ0) is 19.7. The first-order valence-corrected chi connectivity index (χ1v) is 9.14. The molecule has 0 aliphatic heterocycles. The van der Waals surface area contributed by atoms with Crippen LogP contribution in [0.25, 0.3) is 0 Å². The van der Waals surface area contributed by atoms with Crippen LogP contribution in [0.1, 0.15) is 66.2 Å². The fourth-order valence-electron chi connectivity index (χ4n) is 3.03. The second kappa shape index (κ2) is 7.45. The number of rotatable bonds is 8. The van der Waals surface area contributed by atoms with Gasteiger partial charge in [0, 0.05) is 35.3 Å². The van der Waals surface area contributed by atoms with Crippen LogP contribution >= 0.6 is 0 Å². The fourth-order valence-corrected chi connectivity index (χ4v) is 3.03. The minimum atomic E-state index is -1.12. The molecule has 2 aliphatic rings. The minimum Gasteiger partial charge on any atom is -0.390 e. The molecule has 1 fully saturated rings. The summed E-state index contributed by atoms with van der Waals surface area (Å²) in [7, 11) is 0. The maximum Gasteiger partial charge on any atom is 0.220 e. The van der Waals surface area contributed by atoms with Crippen molar-refractivity contribution in [3.8, 4) is 0 Å². The maximum atomic E-state index is 12.4. The molecular formula is C20H29NO5. The Morgan fingerprint density at radius 3 is 2.23 bits per heavy atom. The highest BCUT2D eigenvalue weighted by Gasteiger charge is 2.40. The quantitative estimate of drug-likeness (QED) is 0.570. The molecule has 0 bridgehead atoms. The molecule has 2 aliphatic carbocycles. The van der Waals surface area contributed by atoms with Crippen molar-refractivity contribution in [2.75, 3.05) is 6.54 Å². The Bertz CT molecular complexity index is 695. The molecule has 26 heavy (non-hydrogen) atoms. The number of carbonyl (C=O) groups is 3. The van der Waals surface area contributed by atoms with Gasteiger partial charge in [-0.1, -0.05) is 0 Å². The Balaban J connectivity index is 1.86. The summed E-state index contributed by atoms with van der Waals surface area (Å²) in [6, 6.07) is 0. The minimum absolute atomic E-state index is 0.117. The van der Waals surface area contributed by atoms with Crippen LogP contribution in [-0.2, 0) is 14.4 Å². The summed E-state index contributed by atoms with van der Waals surface area (Å²) in [5.41, 5.74) is 0.00132. The van der Waals surface area contributed by atoms with Gasteiger partial charge in [-0.25, -0.2) is 0 Å². The Morgan fingerprint density at radius 2 is 1.65 bits per heavy atom. The third kappa shape index (κ3) is 4.89. The van der Waals surface area contributed by atoms with Crippen LogP contribution in [0.2, 0.25) is 0 Å². The molecule has 3 N–H and O–H groups in total. The summed E-state index contributed by atoms with van der Waals surface area (Å²) in [5.74, 6) is -0.459. The monoisotopic (exact) mass is 363 g/mol. The number of allylic oxidation sites excluding steroid dienone is 4. The van der Waals surface area contributed by atoms with Gasteiger partial charge in [0.15, 0.2) is 11.6 Å². The zero-order valence-corrected chi connectivity index (χ0v) is 16.1. The molecule has 0 aromatic rings. The van der Waals surface area contributed by atoms with E-state index in [1.807, 2.05) is 0 Å². The fraction of sp³-hybridized carbons (Fsp3) is 0.650. The van der Waals surface area contributed by atoms with Gasteiger partial charge >= 0.3 is 0 Å². The van der Waals surface area contributed by atoms with E-state index in [2.05, 4.69) is 5.32 Å². The van der Waals surface area contributed by atoms with Crippen molar-refractivity contribution < 1.29 is 24.6 Å². The van der Waals surface area contributed by atoms with Crippen LogP contribution in [0.4, 0.5) is 0 Å². The Labute approximate surface area is 154 Å². The van der Waals surface area contributed by atoms with Crippen molar-refractivity contribution >= 4 is 17.5 Å². The molecule has 0 aromatic heterocycles. The van der Waals surface area contributed by atoms with Crippen LogP contribution < -0.4 is 5.32 Å². The average molecular weight is 363 g/mol. The topological polar surface area (TPSA) is 104 Å². The Hall–Kier alpha value is -1.79. The van der Waals surface area contributed by atoms with E-state index in [0.29, 0.717) is 48.0 Å². The number of ketones is 2. The van der Waals surface area contributed by atoms with Crippen molar-refractivity contribution in [3.63, 3.8) is 0 Å². The van der Waals surface area contributed by atoms with Gasteiger partial charge in [0.2, 0.25) is 5.91 Å². The van der Waals surface area contributed by atoms with Crippen molar-refractivity contribution in [1.82, 2.24) is 5.32 Å². The van der Waals surface area contributed by atoms with Crippen LogP contribution in [-0.4, -0.2) is 45.4 Å². The van der Waals surface area contributed by atoms with Crippen molar-refractivity contribution in [1.29, 1.82) is 0 Å². The highest BCUT2D eigenvalue weighted by Crippen LogP contribution is 2.34. The van der Waals surface area contributed by atoms with Crippen LogP contribution in [0.3, 0.4) is 0 Å². The summed E-state index contributed by atoms with van der Waals surface area (Å²) in [6.07, 6.45) is 2.41. The number of nitrogens with one attached hydrogen (secondary N) is 1. The highest BCUT2D eigenvalue weighted by molar-refractivity contribution is 6.24. The molecule has 1 amide bonds. The van der Waals surface area contributed by atoms with Crippen LogP contribution in [0.5, 0.6) is 0 Å². The van der Waals surface area contributed by atoms with Crippen molar-refractivity contribution in [2.24, 2.45) is 0 Å². The van der Waals surface area contributed by atoms with Crippen molar-refractivity contribution in [3.05, 3.63) is 22.3 Å². The molecule has 0 radical (unpaired) electrons. The molecule has 0 spiro atoms. The van der Waals surface area contributed by atoms with Gasteiger partial charge in [-0.3, -0.25) is 14.4 Å². The Kier molecular flexibility index (Phi) is 5.88. The lowest BCUT2D eigenvalue weighted by Gasteiger charge is -2.25. The molecular weight excluding hydrogens is 334 g/mol. The smallest absolute Gasteiger partial charge is 0.220 e. The van der Waals surface area contributed by atoms with E-state index in [1.54, 1.807) is 27.7 Å². The van der Waals surface area contributed by atoms with E-state index >= 15 is 0 Å². The number of hydrogen-bond donors (Lipinski definition) is 3. The zero-order valence-electron chi connectivity index (χ0n) is 16.1. The second-order valence-corrected chi connectivity index (χ2v) is 8.01. The average Bonchev–Trinajstić information content (AvgIpc) is 3.32. The van der Waals surface area contributed by atoms with E-state index < -0.39 is 11.2 Å². The lowest BCUT2D eigenvalue weighted by Crippen LogP contribution is -2.35. The van der Waals surface area contributed by atoms with E-state index in [4.69, 9.17) is 0 Å². The van der Waals surface area contributed by atoms with E-state index in [9.17, 15) is 24.6 Å². The molecule has 0 saturated heterocycles. The molecule has 1 atom stereocenters. The largest absolute Gasteiger partial charge is 0.390 e. The first-order valence-electron chi connectivity index (χ1n) is 9.14. The van der Waals surface area contributed by atoms with Gasteiger partial charge in [0.05, 0.1) is 11.2 Å². The first kappa shape index (κ1) is 20.5. The van der Waals surface area contributed by atoms with Gasteiger partial charge in [0.25, 0.3) is 0 Å². The molecule has 0 unspecified atom stereocenters. The van der Waals surface area contributed by atoms with Gasteiger partial charge in [-0.05, 0) is 59.8 Å². The predicted octanol–water partition coefficient (Wildman–Crippen LogP) is 1.74. The molecule has 0 heterocycles. The van der Waals surface area contributed by atoms with Crippen molar-refractivity contribution in [2.45, 2.75) is 77.4 Å². The third-order valence-electron chi connectivity index (χ3n) is 5.56.